The Balaban J connectivity index is 1.50. The predicted octanol–water partition coefficient (Wildman–Crippen LogP) is 4.29. The smallest absolute Gasteiger partial charge is 0.377 e. The van der Waals surface area contributed by atoms with Crippen molar-refractivity contribution in [2.45, 2.75) is 82.7 Å². The van der Waals surface area contributed by atoms with Crippen molar-refractivity contribution < 1.29 is 46.2 Å². The number of hydrogen-bond donors (Lipinski definition) is 0. The lowest BCUT2D eigenvalue weighted by molar-refractivity contribution is -0.220. The minimum absolute atomic E-state index is 0.313. The molecule has 0 saturated heterocycles. The first-order chi connectivity index (χ1) is 14.9. The Kier molecular flexibility index (Phi) is 7.10. The Bertz CT molecular complexity index is 703. The number of hydrogen-bond acceptors (Lipinski definition) is 6. The summed E-state index contributed by atoms with van der Waals surface area (Å²) in [5, 5.41) is 0. The molecule has 10 heteroatoms. The minimum atomic E-state index is -4.61. The zero-order valence-corrected chi connectivity index (χ0v) is 18.3. The van der Waals surface area contributed by atoms with E-state index in [-0.39, 0.29) is 0 Å². The summed E-state index contributed by atoms with van der Waals surface area (Å²) in [6.07, 6.45) is 2.58. The summed E-state index contributed by atoms with van der Waals surface area (Å²) in [6, 6.07) is 0. The first-order valence-electron chi connectivity index (χ1n) is 11.2. The van der Waals surface area contributed by atoms with Crippen LogP contribution in [0.4, 0.5) is 17.6 Å². The molecule has 32 heavy (non-hydrogen) atoms. The molecule has 0 radical (unpaired) electrons. The molecule has 0 aromatic rings. The molecule has 0 heterocycles. The summed E-state index contributed by atoms with van der Waals surface area (Å²) >= 11 is 0. The lowest BCUT2D eigenvalue weighted by Gasteiger charge is -2.55. The fourth-order valence-corrected chi connectivity index (χ4v) is 5.54. The van der Waals surface area contributed by atoms with Crippen molar-refractivity contribution in [2.24, 2.45) is 23.7 Å². The van der Waals surface area contributed by atoms with Crippen molar-refractivity contribution in [2.75, 3.05) is 13.2 Å². The topological polar surface area (TPSA) is 78.9 Å². The molecule has 0 aromatic carbocycles. The fraction of sp³-hybridized carbons (Fsp3) is 0.864. The summed E-state index contributed by atoms with van der Waals surface area (Å²) < 4.78 is 71.0. The number of rotatable bonds is 10. The number of carbonyl (C=O) groups excluding carboxylic acids is 3. The van der Waals surface area contributed by atoms with Crippen LogP contribution in [0.25, 0.3) is 0 Å². The Morgan fingerprint density at radius 2 is 1.34 bits per heavy atom. The van der Waals surface area contributed by atoms with E-state index >= 15 is 0 Å². The van der Waals surface area contributed by atoms with Gasteiger partial charge < -0.3 is 14.2 Å². The molecule has 4 saturated carbocycles. The van der Waals surface area contributed by atoms with Gasteiger partial charge in [-0.1, -0.05) is 13.8 Å². The van der Waals surface area contributed by atoms with E-state index in [2.05, 4.69) is 4.74 Å². The van der Waals surface area contributed by atoms with Crippen LogP contribution in [0.5, 0.6) is 0 Å². The molecule has 4 aliphatic carbocycles. The maximum atomic E-state index is 14.3. The van der Waals surface area contributed by atoms with E-state index in [9.17, 15) is 31.9 Å². The SMILES string of the molecule is CCC(C)C(=O)OCCOC(=O)C(F)(F)CC(F)(F)C(=O)OC12CC3CC(CC(C3)C1)C2. The van der Waals surface area contributed by atoms with Crippen molar-refractivity contribution in [3.8, 4) is 0 Å². The van der Waals surface area contributed by atoms with Gasteiger partial charge in [0.25, 0.3) is 0 Å². The number of ether oxygens (including phenoxy) is 3. The Hall–Kier alpha value is -1.87. The van der Waals surface area contributed by atoms with Gasteiger partial charge in [0, 0.05) is 0 Å². The summed E-state index contributed by atoms with van der Waals surface area (Å²) in [5.41, 5.74) is -1.01. The molecule has 0 aliphatic heterocycles. The second-order valence-electron chi connectivity index (χ2n) is 9.69. The van der Waals surface area contributed by atoms with Gasteiger partial charge >= 0.3 is 29.8 Å². The number of carbonyl (C=O) groups is 3. The molecule has 4 rings (SSSR count). The molecule has 4 aliphatic rings. The molecule has 4 fully saturated rings. The van der Waals surface area contributed by atoms with Crippen LogP contribution < -0.4 is 0 Å². The van der Waals surface area contributed by atoms with E-state index in [4.69, 9.17) is 9.47 Å². The lowest BCUT2D eigenvalue weighted by Crippen LogP contribution is -2.55. The highest BCUT2D eigenvalue weighted by Crippen LogP contribution is 2.57. The Morgan fingerprint density at radius 1 is 0.875 bits per heavy atom. The standard InChI is InChI=1S/C22H30F4O6/c1-3-13(2)17(27)30-4-5-31-18(28)21(23,24)12-22(25,26)19(29)32-20-9-14-6-15(10-20)8-16(7-14)11-20/h13-16H,3-12H2,1-2H3. The summed E-state index contributed by atoms with van der Waals surface area (Å²) in [6.45, 7) is 2.17. The van der Waals surface area contributed by atoms with Gasteiger partial charge in [-0.25, -0.2) is 9.59 Å². The van der Waals surface area contributed by atoms with E-state index in [1.54, 1.807) is 13.8 Å². The molecule has 182 valence electrons. The highest BCUT2D eigenvalue weighted by molar-refractivity contribution is 5.82. The molecule has 1 atom stereocenters. The van der Waals surface area contributed by atoms with Crippen LogP contribution in [0, 0.1) is 23.7 Å². The van der Waals surface area contributed by atoms with Gasteiger partial charge in [0.1, 0.15) is 18.8 Å². The third-order valence-corrected chi connectivity index (χ3v) is 6.91. The lowest BCUT2D eigenvalue weighted by atomic mass is 9.54. The molecule has 0 spiro atoms. The van der Waals surface area contributed by atoms with E-state index in [1.165, 1.54) is 0 Å². The van der Waals surface area contributed by atoms with E-state index in [1.807, 2.05) is 0 Å². The maximum absolute atomic E-state index is 14.3. The van der Waals surface area contributed by atoms with Gasteiger partial charge in [0.2, 0.25) is 0 Å². The highest BCUT2D eigenvalue weighted by Gasteiger charge is 2.59. The van der Waals surface area contributed by atoms with Crippen LogP contribution in [0.2, 0.25) is 0 Å². The average molecular weight is 466 g/mol. The molecular weight excluding hydrogens is 436 g/mol. The molecular formula is C22H30F4O6. The average Bonchev–Trinajstić information content (AvgIpc) is 2.67. The van der Waals surface area contributed by atoms with Gasteiger partial charge in [0.05, 0.1) is 12.3 Å². The van der Waals surface area contributed by atoms with Crippen molar-refractivity contribution in [3.63, 3.8) is 0 Å². The van der Waals surface area contributed by atoms with Gasteiger partial charge in [-0.15, -0.1) is 0 Å². The van der Waals surface area contributed by atoms with Crippen molar-refractivity contribution >= 4 is 17.9 Å². The third kappa shape index (κ3) is 5.54. The quantitative estimate of drug-likeness (QED) is 0.207. The normalized spacial score (nSPS) is 30.0. The maximum Gasteiger partial charge on any atom is 0.377 e. The van der Waals surface area contributed by atoms with Crippen LogP contribution in [0.1, 0.15) is 65.2 Å². The Labute approximate surface area is 184 Å². The van der Waals surface area contributed by atoms with Crippen LogP contribution >= 0.6 is 0 Å². The molecule has 6 nitrogen and oxygen atoms in total. The second kappa shape index (κ2) is 9.17. The predicted molar refractivity (Wildman–Crippen MR) is 103 cm³/mol. The van der Waals surface area contributed by atoms with E-state index in [0.717, 1.165) is 19.3 Å². The largest absolute Gasteiger partial charge is 0.462 e. The Morgan fingerprint density at radius 3 is 1.84 bits per heavy atom. The van der Waals surface area contributed by atoms with Gasteiger partial charge in [-0.2, -0.15) is 17.6 Å². The van der Waals surface area contributed by atoms with Crippen LogP contribution in [-0.2, 0) is 28.6 Å². The number of halogens is 4. The van der Waals surface area contributed by atoms with Crippen molar-refractivity contribution in [1.29, 1.82) is 0 Å². The van der Waals surface area contributed by atoms with Gasteiger partial charge in [0.15, 0.2) is 0 Å². The number of esters is 3. The van der Waals surface area contributed by atoms with E-state index < -0.39 is 60.9 Å². The third-order valence-electron chi connectivity index (χ3n) is 6.91. The molecule has 0 aromatic heterocycles. The van der Waals surface area contributed by atoms with Crippen molar-refractivity contribution in [1.82, 2.24) is 0 Å². The van der Waals surface area contributed by atoms with Gasteiger partial charge in [-0.3, -0.25) is 4.79 Å². The zero-order valence-electron chi connectivity index (χ0n) is 18.3. The molecule has 4 bridgehead atoms. The van der Waals surface area contributed by atoms with Crippen LogP contribution in [-0.4, -0.2) is 48.6 Å². The molecule has 0 amide bonds. The molecule has 1 unspecified atom stereocenters. The second-order valence-corrected chi connectivity index (χ2v) is 9.69. The monoisotopic (exact) mass is 466 g/mol. The minimum Gasteiger partial charge on any atom is -0.462 e. The summed E-state index contributed by atoms with van der Waals surface area (Å²) in [4.78, 5) is 35.3. The molecule has 0 N–H and O–H groups in total. The summed E-state index contributed by atoms with van der Waals surface area (Å²) in [5.74, 6) is -13.4. The van der Waals surface area contributed by atoms with Crippen LogP contribution in [0.15, 0.2) is 0 Å². The fourth-order valence-electron chi connectivity index (χ4n) is 5.54. The van der Waals surface area contributed by atoms with Crippen molar-refractivity contribution in [3.05, 3.63) is 0 Å². The first kappa shape index (κ1) is 24.8. The zero-order chi connectivity index (χ0) is 23.7. The van der Waals surface area contributed by atoms with Crippen LogP contribution in [0.3, 0.4) is 0 Å². The summed E-state index contributed by atoms with van der Waals surface area (Å²) in [7, 11) is 0. The highest BCUT2D eigenvalue weighted by atomic mass is 19.3. The van der Waals surface area contributed by atoms with Gasteiger partial charge in [-0.05, 0) is 62.7 Å². The first-order valence-corrected chi connectivity index (χ1v) is 11.2. The van der Waals surface area contributed by atoms with E-state index in [0.29, 0.717) is 43.4 Å². The number of alkyl halides is 4.